The molecule has 4 nitrogen and oxygen atoms in total. The zero-order valence-electron chi connectivity index (χ0n) is 13.3. The minimum Gasteiger partial charge on any atom is -0.340 e. The lowest BCUT2D eigenvalue weighted by Gasteiger charge is -2.32. The Labute approximate surface area is 147 Å². The summed E-state index contributed by atoms with van der Waals surface area (Å²) < 4.78 is 0. The second-order valence-corrected chi connectivity index (χ2v) is 7.61. The highest BCUT2D eigenvalue weighted by Crippen LogP contribution is 2.20. The molecule has 1 N–H and O–H groups in total. The van der Waals surface area contributed by atoms with Gasteiger partial charge in [0, 0.05) is 56.1 Å². The lowest BCUT2D eigenvalue weighted by Crippen LogP contribution is -2.49. The average Bonchev–Trinajstić information content (AvgIpc) is 3.06. The third-order valence-electron chi connectivity index (χ3n) is 4.57. The minimum absolute atomic E-state index is 0.273. The molecule has 2 heterocycles. The molecule has 0 bridgehead atoms. The van der Waals surface area contributed by atoms with Crippen molar-refractivity contribution in [1.82, 2.24) is 15.1 Å². The predicted octanol–water partition coefficient (Wildman–Crippen LogP) is 2.08. The molecule has 1 amide bonds. The molecule has 0 radical (unpaired) electrons. The molecule has 6 heteroatoms. The van der Waals surface area contributed by atoms with E-state index in [0.29, 0.717) is 11.8 Å². The fourth-order valence-corrected chi connectivity index (χ4v) is 4.38. The Bertz CT molecular complexity index is 536. The van der Waals surface area contributed by atoms with Crippen LogP contribution in [-0.4, -0.2) is 66.8 Å². The van der Waals surface area contributed by atoms with Gasteiger partial charge in [0.05, 0.1) is 5.75 Å². The first-order valence-corrected chi connectivity index (χ1v) is 9.80. The van der Waals surface area contributed by atoms with Gasteiger partial charge in [-0.05, 0) is 24.1 Å². The number of likely N-dealkylation sites (tertiary alicyclic amines) is 1. The summed E-state index contributed by atoms with van der Waals surface area (Å²) in [5, 5.41) is 4.14. The molecular formula is C17H24ClN3OS. The summed E-state index contributed by atoms with van der Waals surface area (Å²) in [6.07, 6.45) is 1.12. The van der Waals surface area contributed by atoms with E-state index in [-0.39, 0.29) is 5.91 Å². The van der Waals surface area contributed by atoms with Crippen LogP contribution in [-0.2, 0) is 10.5 Å². The van der Waals surface area contributed by atoms with Crippen LogP contribution in [0.1, 0.15) is 12.0 Å². The number of piperazine rings is 1. The summed E-state index contributed by atoms with van der Waals surface area (Å²) in [4.78, 5) is 16.9. The van der Waals surface area contributed by atoms with Gasteiger partial charge in [0.15, 0.2) is 0 Å². The normalized spacial score (nSPS) is 22.5. The molecule has 2 aliphatic heterocycles. The van der Waals surface area contributed by atoms with Crippen LogP contribution in [0.4, 0.5) is 0 Å². The van der Waals surface area contributed by atoms with Crippen molar-refractivity contribution >= 4 is 29.3 Å². The first-order valence-electron chi connectivity index (χ1n) is 8.27. The maximum Gasteiger partial charge on any atom is 0.232 e. The van der Waals surface area contributed by atoms with E-state index in [0.717, 1.165) is 56.5 Å². The van der Waals surface area contributed by atoms with E-state index in [2.05, 4.69) is 16.3 Å². The maximum absolute atomic E-state index is 12.4. The van der Waals surface area contributed by atoms with Crippen molar-refractivity contribution in [1.29, 1.82) is 0 Å². The molecule has 23 heavy (non-hydrogen) atoms. The Morgan fingerprint density at radius 3 is 2.91 bits per heavy atom. The molecule has 0 spiro atoms. The SMILES string of the molecule is O=C(CSCc1cccc(Cl)c1)N1CCC(N2CCNCC2)C1. The first kappa shape index (κ1) is 17.1. The van der Waals surface area contributed by atoms with Crippen molar-refractivity contribution in [2.75, 3.05) is 45.0 Å². The number of hydrogen-bond donors (Lipinski definition) is 1. The third-order valence-corrected chi connectivity index (χ3v) is 5.79. The maximum atomic E-state index is 12.4. The van der Waals surface area contributed by atoms with Crippen molar-refractivity contribution in [2.45, 2.75) is 18.2 Å². The summed E-state index contributed by atoms with van der Waals surface area (Å²) in [5.74, 6) is 1.66. The van der Waals surface area contributed by atoms with E-state index in [1.165, 1.54) is 5.56 Å². The zero-order valence-corrected chi connectivity index (χ0v) is 14.9. The number of nitrogens with one attached hydrogen (secondary N) is 1. The van der Waals surface area contributed by atoms with Crippen molar-refractivity contribution in [3.63, 3.8) is 0 Å². The summed E-state index contributed by atoms with van der Waals surface area (Å²) in [6, 6.07) is 8.41. The van der Waals surface area contributed by atoms with E-state index in [4.69, 9.17) is 11.6 Å². The highest BCUT2D eigenvalue weighted by Gasteiger charge is 2.30. The van der Waals surface area contributed by atoms with Crippen LogP contribution >= 0.6 is 23.4 Å². The standard InChI is InChI=1S/C17H24ClN3OS/c18-15-3-1-2-14(10-15)12-23-13-17(22)21-7-4-16(11-21)20-8-5-19-6-9-20/h1-3,10,16,19H,4-9,11-13H2. The first-order chi connectivity index (χ1) is 11.2. The molecule has 1 aromatic carbocycles. The molecule has 1 unspecified atom stereocenters. The Morgan fingerprint density at radius 1 is 1.30 bits per heavy atom. The van der Waals surface area contributed by atoms with Gasteiger partial charge in [-0.15, -0.1) is 11.8 Å². The molecule has 0 aliphatic carbocycles. The van der Waals surface area contributed by atoms with E-state index in [1.807, 2.05) is 23.1 Å². The Morgan fingerprint density at radius 2 is 2.13 bits per heavy atom. The summed E-state index contributed by atoms with van der Waals surface area (Å²) in [7, 11) is 0. The van der Waals surface area contributed by atoms with Crippen LogP contribution < -0.4 is 5.32 Å². The number of halogens is 1. The zero-order chi connectivity index (χ0) is 16.1. The number of hydrogen-bond acceptors (Lipinski definition) is 4. The van der Waals surface area contributed by atoms with E-state index < -0.39 is 0 Å². The fraction of sp³-hybridized carbons (Fsp3) is 0.588. The van der Waals surface area contributed by atoms with Gasteiger partial charge in [-0.1, -0.05) is 23.7 Å². The lowest BCUT2D eigenvalue weighted by atomic mass is 10.2. The molecule has 3 rings (SSSR count). The smallest absolute Gasteiger partial charge is 0.232 e. The second kappa shape index (κ2) is 8.38. The number of rotatable bonds is 5. The van der Waals surface area contributed by atoms with E-state index >= 15 is 0 Å². The second-order valence-electron chi connectivity index (χ2n) is 6.19. The van der Waals surface area contributed by atoms with Gasteiger partial charge in [-0.3, -0.25) is 9.69 Å². The Hall–Kier alpha value is -0.750. The highest BCUT2D eigenvalue weighted by atomic mass is 35.5. The average molecular weight is 354 g/mol. The topological polar surface area (TPSA) is 35.6 Å². The monoisotopic (exact) mass is 353 g/mol. The van der Waals surface area contributed by atoms with Crippen LogP contribution in [0.15, 0.2) is 24.3 Å². The Balaban J connectivity index is 1.40. The lowest BCUT2D eigenvalue weighted by molar-refractivity contribution is -0.127. The van der Waals surface area contributed by atoms with Gasteiger partial charge in [-0.25, -0.2) is 0 Å². The van der Waals surface area contributed by atoms with Crippen LogP contribution in [0.25, 0.3) is 0 Å². The molecule has 2 aliphatic rings. The molecule has 2 fully saturated rings. The molecule has 2 saturated heterocycles. The number of amides is 1. The van der Waals surface area contributed by atoms with Crippen LogP contribution in [0.2, 0.25) is 5.02 Å². The van der Waals surface area contributed by atoms with Gasteiger partial charge >= 0.3 is 0 Å². The summed E-state index contributed by atoms with van der Waals surface area (Å²) in [6.45, 7) is 6.16. The molecule has 0 saturated carbocycles. The quantitative estimate of drug-likeness (QED) is 0.879. The van der Waals surface area contributed by atoms with E-state index in [1.54, 1.807) is 11.8 Å². The third kappa shape index (κ3) is 4.86. The molecule has 1 aromatic rings. The molecule has 126 valence electrons. The van der Waals surface area contributed by atoms with Crippen molar-refractivity contribution in [3.8, 4) is 0 Å². The van der Waals surface area contributed by atoms with Crippen molar-refractivity contribution in [3.05, 3.63) is 34.9 Å². The minimum atomic E-state index is 0.273. The molecule has 1 atom stereocenters. The van der Waals surface area contributed by atoms with Gasteiger partial charge in [-0.2, -0.15) is 0 Å². The van der Waals surface area contributed by atoms with Crippen molar-refractivity contribution in [2.24, 2.45) is 0 Å². The molecule has 0 aromatic heterocycles. The van der Waals surface area contributed by atoms with Gasteiger partial charge < -0.3 is 10.2 Å². The molecular weight excluding hydrogens is 330 g/mol. The van der Waals surface area contributed by atoms with Gasteiger partial charge in [0.1, 0.15) is 0 Å². The van der Waals surface area contributed by atoms with Gasteiger partial charge in [0.25, 0.3) is 0 Å². The van der Waals surface area contributed by atoms with Crippen molar-refractivity contribution < 1.29 is 4.79 Å². The van der Waals surface area contributed by atoms with Crippen LogP contribution in [0.5, 0.6) is 0 Å². The predicted molar refractivity (Wildman–Crippen MR) is 97.0 cm³/mol. The number of thioether (sulfide) groups is 1. The van der Waals surface area contributed by atoms with Gasteiger partial charge in [0.2, 0.25) is 5.91 Å². The number of benzene rings is 1. The summed E-state index contributed by atoms with van der Waals surface area (Å²) >= 11 is 7.66. The number of carbonyl (C=O) groups is 1. The van der Waals surface area contributed by atoms with Crippen LogP contribution in [0, 0.1) is 0 Å². The fourth-order valence-electron chi connectivity index (χ4n) is 3.29. The highest BCUT2D eigenvalue weighted by molar-refractivity contribution is 7.99. The Kier molecular flexibility index (Phi) is 6.22. The largest absolute Gasteiger partial charge is 0.340 e. The van der Waals surface area contributed by atoms with E-state index in [9.17, 15) is 4.79 Å². The number of nitrogens with zero attached hydrogens (tertiary/aromatic N) is 2. The van der Waals surface area contributed by atoms with Crippen LogP contribution in [0.3, 0.4) is 0 Å². The summed E-state index contributed by atoms with van der Waals surface area (Å²) in [5.41, 5.74) is 1.18. The number of carbonyl (C=O) groups excluding carboxylic acids is 1.